The molecule has 0 aromatic carbocycles. The van der Waals surface area contributed by atoms with E-state index in [4.69, 9.17) is 0 Å². The number of carbonyl (C=O) groups is 1. The summed E-state index contributed by atoms with van der Waals surface area (Å²) in [5.41, 5.74) is 3.26. The monoisotopic (exact) mass is 243 g/mol. The lowest BCUT2D eigenvalue weighted by atomic mass is 9.97. The first-order valence-corrected chi connectivity index (χ1v) is 6.35. The molecule has 3 rings (SSSR count). The van der Waals surface area contributed by atoms with Crippen LogP contribution in [0.3, 0.4) is 0 Å². The molecule has 0 saturated heterocycles. The van der Waals surface area contributed by atoms with Crippen molar-refractivity contribution in [3.05, 3.63) is 41.2 Å². The largest absolute Gasteiger partial charge is 0.341 e. The van der Waals surface area contributed by atoms with E-state index in [-0.39, 0.29) is 5.78 Å². The third kappa shape index (κ3) is 1.68. The molecule has 0 radical (unpaired) electrons. The molecule has 1 aliphatic carbocycles. The van der Waals surface area contributed by atoms with Crippen molar-refractivity contribution in [2.75, 3.05) is 0 Å². The van der Waals surface area contributed by atoms with Crippen LogP contribution in [0.5, 0.6) is 0 Å². The van der Waals surface area contributed by atoms with Gasteiger partial charge in [-0.25, -0.2) is 4.98 Å². The summed E-state index contributed by atoms with van der Waals surface area (Å²) in [6.45, 7) is 2.81. The number of aromatic nitrogens is 3. The quantitative estimate of drug-likeness (QED) is 0.810. The molecule has 0 saturated carbocycles. The van der Waals surface area contributed by atoms with Crippen LogP contribution in [0, 0.1) is 6.92 Å². The van der Waals surface area contributed by atoms with Gasteiger partial charge in [-0.15, -0.1) is 0 Å². The molecule has 1 aliphatic rings. The highest BCUT2D eigenvalue weighted by Crippen LogP contribution is 2.25. The van der Waals surface area contributed by atoms with Gasteiger partial charge in [-0.05, 0) is 25.8 Å². The van der Waals surface area contributed by atoms with Gasteiger partial charge in [0.25, 0.3) is 0 Å². The van der Waals surface area contributed by atoms with Gasteiger partial charge in [0.15, 0.2) is 5.78 Å². The molecule has 94 valence electrons. The lowest BCUT2D eigenvalue weighted by molar-refractivity contribution is 0.0972. The second-order valence-corrected chi connectivity index (χ2v) is 4.96. The number of hydrogen-bond acceptors (Lipinski definition) is 2. The van der Waals surface area contributed by atoms with E-state index in [1.54, 1.807) is 0 Å². The zero-order chi connectivity index (χ0) is 12.7. The van der Waals surface area contributed by atoms with E-state index >= 15 is 0 Å². The van der Waals surface area contributed by atoms with E-state index in [1.807, 2.05) is 30.1 Å². The summed E-state index contributed by atoms with van der Waals surface area (Å²) in [7, 11) is 2.00. The highest BCUT2D eigenvalue weighted by Gasteiger charge is 2.22. The maximum atomic E-state index is 11.9. The molecule has 18 heavy (non-hydrogen) atoms. The van der Waals surface area contributed by atoms with Crippen LogP contribution in [0.4, 0.5) is 0 Å². The van der Waals surface area contributed by atoms with Crippen LogP contribution in [0.15, 0.2) is 18.5 Å². The van der Waals surface area contributed by atoms with Gasteiger partial charge in [-0.1, -0.05) is 0 Å². The number of ketones is 1. The minimum Gasteiger partial charge on any atom is -0.341 e. The number of fused-ring (bicyclic) bond motifs is 1. The first-order chi connectivity index (χ1) is 8.66. The van der Waals surface area contributed by atoms with Crippen molar-refractivity contribution >= 4 is 5.78 Å². The molecule has 2 heterocycles. The molecule has 2 aromatic heterocycles. The van der Waals surface area contributed by atoms with Crippen molar-refractivity contribution in [1.29, 1.82) is 0 Å². The van der Waals surface area contributed by atoms with Crippen molar-refractivity contribution in [3.8, 4) is 0 Å². The topological polar surface area (TPSA) is 39.8 Å². The maximum absolute atomic E-state index is 11.9. The number of hydrogen-bond donors (Lipinski definition) is 0. The summed E-state index contributed by atoms with van der Waals surface area (Å²) >= 11 is 0. The summed E-state index contributed by atoms with van der Waals surface area (Å²) in [4.78, 5) is 16.2. The first-order valence-electron chi connectivity index (χ1n) is 6.35. The van der Waals surface area contributed by atoms with Crippen LogP contribution in [0.1, 0.15) is 40.4 Å². The Labute approximate surface area is 106 Å². The SMILES string of the molecule is Cc1cc2c(n1Cc1nccn1C)CCCC2=O. The molecule has 0 unspecified atom stereocenters. The fraction of sp³-hybridized carbons (Fsp3) is 0.429. The zero-order valence-corrected chi connectivity index (χ0v) is 10.8. The van der Waals surface area contributed by atoms with Crippen LogP contribution >= 0.6 is 0 Å². The van der Waals surface area contributed by atoms with E-state index in [2.05, 4.69) is 16.5 Å². The lowest BCUT2D eigenvalue weighted by Gasteiger charge is -2.15. The van der Waals surface area contributed by atoms with Crippen molar-refractivity contribution in [3.63, 3.8) is 0 Å². The second-order valence-electron chi connectivity index (χ2n) is 4.96. The first kappa shape index (κ1) is 11.3. The van der Waals surface area contributed by atoms with E-state index in [1.165, 1.54) is 5.69 Å². The fourth-order valence-electron chi connectivity index (χ4n) is 2.70. The summed E-state index contributed by atoms with van der Waals surface area (Å²) in [6.07, 6.45) is 6.42. The summed E-state index contributed by atoms with van der Waals surface area (Å²) in [6, 6.07) is 2.03. The standard InChI is InChI=1S/C14H17N3O/c1-10-8-11-12(4-3-5-13(11)18)17(10)9-14-15-6-7-16(14)2/h6-8H,3-5,9H2,1-2H3. The van der Waals surface area contributed by atoms with E-state index in [0.717, 1.165) is 36.5 Å². The second kappa shape index (κ2) is 4.12. The molecular formula is C14H17N3O. The number of Topliss-reactive ketones (excluding diaryl/α,β-unsaturated/α-hetero) is 1. The van der Waals surface area contributed by atoms with Crippen molar-refractivity contribution in [1.82, 2.24) is 14.1 Å². The van der Waals surface area contributed by atoms with Crippen LogP contribution in [-0.2, 0) is 20.0 Å². The number of rotatable bonds is 2. The third-order valence-corrected chi connectivity index (χ3v) is 3.75. The Morgan fingerprint density at radius 2 is 2.22 bits per heavy atom. The molecule has 0 spiro atoms. The molecule has 4 nitrogen and oxygen atoms in total. The summed E-state index contributed by atoms with van der Waals surface area (Å²) in [5.74, 6) is 1.31. The molecule has 0 bridgehead atoms. The predicted octanol–water partition coefficient (Wildman–Crippen LogP) is 2.10. The smallest absolute Gasteiger partial charge is 0.164 e. The maximum Gasteiger partial charge on any atom is 0.164 e. The molecular weight excluding hydrogens is 226 g/mol. The Hall–Kier alpha value is -1.84. The lowest BCUT2D eigenvalue weighted by Crippen LogP contribution is -2.15. The zero-order valence-electron chi connectivity index (χ0n) is 10.8. The van der Waals surface area contributed by atoms with Crippen LogP contribution in [0.2, 0.25) is 0 Å². The summed E-state index contributed by atoms with van der Waals surface area (Å²) in [5, 5.41) is 0. The van der Waals surface area contributed by atoms with Crippen molar-refractivity contribution in [2.45, 2.75) is 32.7 Å². The average molecular weight is 243 g/mol. The van der Waals surface area contributed by atoms with Gasteiger partial charge >= 0.3 is 0 Å². The predicted molar refractivity (Wildman–Crippen MR) is 68.7 cm³/mol. The van der Waals surface area contributed by atoms with Gasteiger partial charge in [0.1, 0.15) is 5.82 Å². The molecule has 0 amide bonds. The Balaban J connectivity index is 2.02. The van der Waals surface area contributed by atoms with Crippen LogP contribution in [-0.4, -0.2) is 19.9 Å². The van der Waals surface area contributed by atoms with Gasteiger partial charge in [0, 0.05) is 42.8 Å². The molecule has 0 N–H and O–H groups in total. The fourth-order valence-corrected chi connectivity index (χ4v) is 2.70. The third-order valence-electron chi connectivity index (χ3n) is 3.75. The van der Waals surface area contributed by atoms with E-state index in [0.29, 0.717) is 6.42 Å². The normalized spacial score (nSPS) is 14.9. The van der Waals surface area contributed by atoms with E-state index < -0.39 is 0 Å². The number of imidazole rings is 1. The molecule has 0 atom stereocenters. The van der Waals surface area contributed by atoms with Crippen molar-refractivity contribution in [2.24, 2.45) is 7.05 Å². The molecule has 0 fully saturated rings. The Bertz CT molecular complexity index is 607. The van der Waals surface area contributed by atoms with Gasteiger partial charge < -0.3 is 9.13 Å². The van der Waals surface area contributed by atoms with Gasteiger partial charge in [-0.2, -0.15) is 0 Å². The van der Waals surface area contributed by atoms with Gasteiger partial charge in [0.2, 0.25) is 0 Å². The Kier molecular flexibility index (Phi) is 2.58. The minimum absolute atomic E-state index is 0.290. The number of aryl methyl sites for hydroxylation is 2. The molecule has 2 aromatic rings. The Morgan fingerprint density at radius 1 is 1.39 bits per heavy atom. The van der Waals surface area contributed by atoms with Crippen LogP contribution < -0.4 is 0 Å². The van der Waals surface area contributed by atoms with E-state index in [9.17, 15) is 4.79 Å². The van der Waals surface area contributed by atoms with Crippen LogP contribution in [0.25, 0.3) is 0 Å². The minimum atomic E-state index is 0.290. The number of carbonyl (C=O) groups excluding carboxylic acids is 1. The van der Waals surface area contributed by atoms with Crippen molar-refractivity contribution < 1.29 is 4.79 Å². The van der Waals surface area contributed by atoms with Gasteiger partial charge in [0.05, 0.1) is 6.54 Å². The van der Waals surface area contributed by atoms with Gasteiger partial charge in [-0.3, -0.25) is 4.79 Å². The highest BCUT2D eigenvalue weighted by molar-refractivity contribution is 5.98. The number of nitrogens with zero attached hydrogens (tertiary/aromatic N) is 3. The summed E-state index contributed by atoms with van der Waals surface area (Å²) < 4.78 is 4.26. The molecule has 4 heteroatoms. The Morgan fingerprint density at radius 3 is 2.94 bits per heavy atom. The average Bonchev–Trinajstić information content (AvgIpc) is 2.87. The highest BCUT2D eigenvalue weighted by atomic mass is 16.1. The molecule has 0 aliphatic heterocycles.